The molecule has 0 saturated heterocycles. The maximum absolute atomic E-state index is 13.6. The first-order valence-corrected chi connectivity index (χ1v) is 17.2. The van der Waals surface area contributed by atoms with Gasteiger partial charge in [-0.3, -0.25) is 4.79 Å². The smallest absolute Gasteiger partial charge is 0.328 e. The summed E-state index contributed by atoms with van der Waals surface area (Å²) in [6, 6.07) is 13.2. The number of esters is 1. The van der Waals surface area contributed by atoms with Crippen molar-refractivity contribution in [2.24, 2.45) is 11.3 Å². The van der Waals surface area contributed by atoms with E-state index < -0.39 is 12.0 Å². The van der Waals surface area contributed by atoms with Crippen LogP contribution in [-0.2, 0) is 25.6 Å². The molecule has 3 atom stereocenters. The Morgan fingerprint density at radius 1 is 1.02 bits per heavy atom. The molecule has 7 heteroatoms. The Morgan fingerprint density at radius 3 is 2.40 bits per heavy atom. The third-order valence-electron chi connectivity index (χ3n) is 8.42. The number of aryl methyl sites for hydroxylation is 1. The Hall–Kier alpha value is -2.35. The summed E-state index contributed by atoms with van der Waals surface area (Å²) >= 11 is 1.63. The van der Waals surface area contributed by atoms with Crippen LogP contribution in [0.2, 0.25) is 0 Å². The number of nitrogens with one attached hydrogen (secondary N) is 1. The minimum Gasteiger partial charge on any atom is -0.467 e. The number of ether oxygens (including phenoxy) is 3. The summed E-state index contributed by atoms with van der Waals surface area (Å²) in [5.41, 5.74) is 4.61. The van der Waals surface area contributed by atoms with Gasteiger partial charge in [0.25, 0.3) is 5.91 Å². The average Bonchev–Trinajstić information content (AvgIpc) is 2.99. The van der Waals surface area contributed by atoms with Crippen molar-refractivity contribution in [1.29, 1.82) is 0 Å². The van der Waals surface area contributed by atoms with Crippen molar-refractivity contribution in [3.8, 4) is 11.1 Å². The van der Waals surface area contributed by atoms with E-state index in [-0.39, 0.29) is 23.5 Å². The second kappa shape index (κ2) is 17.2. The molecule has 3 rings (SSSR count). The van der Waals surface area contributed by atoms with Crippen LogP contribution >= 0.6 is 11.8 Å². The molecule has 0 heterocycles. The van der Waals surface area contributed by atoms with Crippen LogP contribution in [0.3, 0.4) is 0 Å². The zero-order chi connectivity index (χ0) is 31.4. The van der Waals surface area contributed by atoms with Gasteiger partial charge in [0.1, 0.15) is 6.04 Å². The number of benzene rings is 2. The fraction of sp³-hybridized carbons (Fsp3) is 0.611. The summed E-state index contributed by atoms with van der Waals surface area (Å²) < 4.78 is 18.0. The monoisotopic (exact) mass is 611 g/mol. The van der Waals surface area contributed by atoms with Crippen molar-refractivity contribution in [3.63, 3.8) is 0 Å². The fourth-order valence-electron chi connectivity index (χ4n) is 5.78. The van der Waals surface area contributed by atoms with E-state index in [1.165, 1.54) is 39.2 Å². The second-order valence-corrected chi connectivity index (χ2v) is 14.1. The first-order chi connectivity index (χ1) is 20.5. The van der Waals surface area contributed by atoms with Crippen LogP contribution in [0.15, 0.2) is 42.5 Å². The van der Waals surface area contributed by atoms with Gasteiger partial charge < -0.3 is 19.5 Å². The van der Waals surface area contributed by atoms with Crippen LogP contribution in [0, 0.1) is 18.3 Å². The van der Waals surface area contributed by atoms with Gasteiger partial charge in [-0.15, -0.1) is 0 Å². The molecule has 1 aliphatic carbocycles. The number of amides is 1. The van der Waals surface area contributed by atoms with E-state index in [4.69, 9.17) is 14.2 Å². The maximum Gasteiger partial charge on any atom is 0.328 e. The molecule has 1 N–H and O–H groups in total. The van der Waals surface area contributed by atoms with E-state index in [9.17, 15) is 9.59 Å². The van der Waals surface area contributed by atoms with Crippen LogP contribution in [0.25, 0.3) is 11.1 Å². The van der Waals surface area contributed by atoms with E-state index in [2.05, 4.69) is 39.1 Å². The number of carbonyl (C=O) groups excluding carboxylic acids is 2. The third-order valence-corrected chi connectivity index (χ3v) is 9.06. The summed E-state index contributed by atoms with van der Waals surface area (Å²) in [5, 5.41) is 2.92. The molecule has 6 nitrogen and oxygen atoms in total. The van der Waals surface area contributed by atoms with Crippen molar-refractivity contribution in [2.45, 2.75) is 104 Å². The van der Waals surface area contributed by atoms with Gasteiger partial charge in [0.15, 0.2) is 0 Å². The molecule has 238 valence electrons. The van der Waals surface area contributed by atoms with Crippen LogP contribution < -0.4 is 5.32 Å². The molecule has 0 aromatic heterocycles. The van der Waals surface area contributed by atoms with E-state index in [0.717, 1.165) is 41.0 Å². The van der Waals surface area contributed by atoms with Gasteiger partial charge in [-0.1, -0.05) is 70.4 Å². The topological polar surface area (TPSA) is 73.9 Å². The minimum absolute atomic E-state index is 0.0507. The Kier molecular flexibility index (Phi) is 14.1. The highest BCUT2D eigenvalue weighted by Gasteiger charge is 2.30. The SMILES string of the molecule is COC(=O)[C@H](CCSC)NC(=O)c1ccc(COC(C)C(OCCC(C)(C)C)C2CCCCC2)cc1-c1ccccc1C. The predicted molar refractivity (Wildman–Crippen MR) is 178 cm³/mol. The molecule has 2 unspecified atom stereocenters. The van der Waals surface area contributed by atoms with Crippen LogP contribution in [-0.4, -0.2) is 55.9 Å². The zero-order valence-corrected chi connectivity index (χ0v) is 28.2. The summed E-state index contributed by atoms with van der Waals surface area (Å²) in [4.78, 5) is 26.0. The van der Waals surface area contributed by atoms with Gasteiger partial charge >= 0.3 is 5.97 Å². The molecule has 1 amide bonds. The van der Waals surface area contributed by atoms with Gasteiger partial charge in [0.05, 0.1) is 25.9 Å². The first kappa shape index (κ1) is 35.1. The lowest BCUT2D eigenvalue weighted by Gasteiger charge is -2.35. The lowest BCUT2D eigenvalue weighted by molar-refractivity contribution is -0.142. The number of hydrogen-bond acceptors (Lipinski definition) is 6. The fourth-order valence-corrected chi connectivity index (χ4v) is 6.25. The summed E-state index contributed by atoms with van der Waals surface area (Å²) in [6.45, 7) is 12.1. The number of methoxy groups -OCH3 is 1. The van der Waals surface area contributed by atoms with Crippen molar-refractivity contribution in [1.82, 2.24) is 5.32 Å². The lowest BCUT2D eigenvalue weighted by atomic mass is 9.83. The van der Waals surface area contributed by atoms with Crippen molar-refractivity contribution in [2.75, 3.05) is 25.7 Å². The third kappa shape index (κ3) is 10.9. The highest BCUT2D eigenvalue weighted by molar-refractivity contribution is 7.98. The average molecular weight is 612 g/mol. The first-order valence-electron chi connectivity index (χ1n) is 15.8. The molecule has 1 saturated carbocycles. The normalized spacial score (nSPS) is 16.3. The summed E-state index contributed by atoms with van der Waals surface area (Å²) in [7, 11) is 1.35. The quantitative estimate of drug-likeness (QED) is 0.206. The molecule has 0 bridgehead atoms. The minimum atomic E-state index is -0.700. The Labute approximate surface area is 264 Å². The molecule has 1 fully saturated rings. The molecule has 0 aliphatic heterocycles. The maximum atomic E-state index is 13.6. The molecular formula is C36H53NO5S. The highest BCUT2D eigenvalue weighted by Crippen LogP contribution is 2.32. The van der Waals surface area contributed by atoms with Crippen molar-refractivity contribution >= 4 is 23.6 Å². The molecular weight excluding hydrogens is 558 g/mol. The Bertz CT molecular complexity index is 1170. The van der Waals surface area contributed by atoms with Crippen molar-refractivity contribution in [3.05, 3.63) is 59.2 Å². The van der Waals surface area contributed by atoms with E-state index in [1.54, 1.807) is 11.8 Å². The number of carbonyl (C=O) groups is 2. The van der Waals surface area contributed by atoms with Crippen molar-refractivity contribution < 1.29 is 23.8 Å². The second-order valence-electron chi connectivity index (χ2n) is 13.1. The molecule has 2 aromatic carbocycles. The molecule has 2 aromatic rings. The van der Waals surface area contributed by atoms with E-state index in [0.29, 0.717) is 24.5 Å². The van der Waals surface area contributed by atoms with E-state index >= 15 is 0 Å². The van der Waals surface area contributed by atoms with Gasteiger partial charge in [0, 0.05) is 12.2 Å². The van der Waals surface area contributed by atoms with Crippen LogP contribution in [0.1, 0.15) is 94.1 Å². The molecule has 0 spiro atoms. The Morgan fingerprint density at radius 2 is 1.74 bits per heavy atom. The molecule has 43 heavy (non-hydrogen) atoms. The standard InChI is InChI=1S/C36H53NO5S/c1-25-13-11-12-16-29(25)31-23-27(17-18-30(31)34(38)37-32(19-22-43-7)35(39)40-6)24-42-26(2)33(28-14-9-8-10-15-28)41-21-20-36(3,4)5/h11-13,16-18,23,26,28,32-33H,8-10,14-15,19-22,24H2,1-7H3,(H,37,38)/t26?,32-,33?/m0/s1. The van der Waals surface area contributed by atoms with Crippen LogP contribution in [0.4, 0.5) is 0 Å². The number of rotatable bonds is 15. The zero-order valence-electron chi connectivity index (χ0n) is 27.4. The number of hydrogen-bond donors (Lipinski definition) is 1. The summed E-state index contributed by atoms with van der Waals surface area (Å²) in [5.74, 6) is 0.531. The van der Waals surface area contributed by atoms with Gasteiger partial charge in [-0.2, -0.15) is 11.8 Å². The van der Waals surface area contributed by atoms with Gasteiger partial charge in [0.2, 0.25) is 0 Å². The highest BCUT2D eigenvalue weighted by atomic mass is 32.2. The Balaban J connectivity index is 1.82. The van der Waals surface area contributed by atoms with Crippen LogP contribution in [0.5, 0.6) is 0 Å². The number of thioether (sulfide) groups is 1. The largest absolute Gasteiger partial charge is 0.467 e. The van der Waals surface area contributed by atoms with Gasteiger partial charge in [-0.25, -0.2) is 4.79 Å². The molecule has 1 aliphatic rings. The predicted octanol–water partition coefficient (Wildman–Crippen LogP) is 7.99. The van der Waals surface area contributed by atoms with Gasteiger partial charge in [-0.05, 0) is 97.3 Å². The molecule has 0 radical (unpaired) electrons. The lowest BCUT2D eigenvalue weighted by Crippen LogP contribution is -2.42. The van der Waals surface area contributed by atoms with E-state index in [1.807, 2.05) is 49.6 Å². The summed E-state index contributed by atoms with van der Waals surface area (Å²) in [6.07, 6.45) is 9.72.